The first-order valence-electron chi connectivity index (χ1n) is 10.7. The Morgan fingerprint density at radius 2 is 1.46 bits per heavy atom. The van der Waals surface area contributed by atoms with Crippen molar-refractivity contribution in [3.63, 3.8) is 0 Å². The number of amides is 4. The third-order valence-electron chi connectivity index (χ3n) is 5.67. The lowest BCUT2D eigenvalue weighted by molar-refractivity contribution is 0.0641. The highest BCUT2D eigenvalue weighted by Gasteiger charge is 2.34. The second-order valence-corrected chi connectivity index (χ2v) is 7.95. The van der Waals surface area contributed by atoms with Gasteiger partial charge in [0.25, 0.3) is 23.6 Å². The average molecular weight is 465 g/mol. The zero-order valence-corrected chi connectivity index (χ0v) is 18.3. The second-order valence-electron chi connectivity index (χ2n) is 7.95. The van der Waals surface area contributed by atoms with Gasteiger partial charge in [-0.3, -0.25) is 24.1 Å². The van der Waals surface area contributed by atoms with Crippen molar-refractivity contribution >= 4 is 29.3 Å². The number of primary amides is 1. The maximum absolute atomic E-state index is 12.7. The molecule has 0 bridgehead atoms. The molecule has 35 heavy (non-hydrogen) atoms. The van der Waals surface area contributed by atoms with Crippen LogP contribution in [-0.2, 0) is 6.54 Å². The molecule has 1 aliphatic heterocycles. The summed E-state index contributed by atoms with van der Waals surface area (Å²) in [5, 5.41) is 6.91. The molecule has 0 spiro atoms. The van der Waals surface area contributed by atoms with Crippen LogP contribution >= 0.6 is 0 Å². The van der Waals surface area contributed by atoms with Crippen LogP contribution < -0.4 is 11.1 Å². The fraction of sp³-hybridized carbons (Fsp3) is 0.0385. The van der Waals surface area contributed by atoms with Crippen molar-refractivity contribution in [1.82, 2.24) is 14.7 Å². The minimum absolute atomic E-state index is 0.126. The lowest BCUT2D eigenvalue weighted by atomic mass is 10.1. The molecule has 3 aromatic carbocycles. The van der Waals surface area contributed by atoms with E-state index in [0.717, 1.165) is 5.56 Å². The first-order chi connectivity index (χ1) is 16.9. The highest BCUT2D eigenvalue weighted by atomic mass is 16.2. The van der Waals surface area contributed by atoms with Gasteiger partial charge in [-0.25, -0.2) is 4.68 Å². The van der Waals surface area contributed by atoms with Crippen molar-refractivity contribution in [3.05, 3.63) is 113 Å². The van der Waals surface area contributed by atoms with Crippen LogP contribution in [0.15, 0.2) is 85.1 Å². The zero-order valence-electron chi connectivity index (χ0n) is 18.3. The van der Waals surface area contributed by atoms with Crippen LogP contribution in [0, 0.1) is 0 Å². The van der Waals surface area contributed by atoms with E-state index in [9.17, 15) is 19.2 Å². The van der Waals surface area contributed by atoms with Crippen LogP contribution in [0.3, 0.4) is 0 Å². The third kappa shape index (κ3) is 4.18. The minimum Gasteiger partial charge on any atom is -0.364 e. The van der Waals surface area contributed by atoms with Crippen LogP contribution in [0.25, 0.3) is 5.69 Å². The Labute approximate surface area is 199 Å². The van der Waals surface area contributed by atoms with E-state index in [0.29, 0.717) is 28.1 Å². The molecule has 3 N–H and O–H groups in total. The summed E-state index contributed by atoms with van der Waals surface area (Å²) in [5.41, 5.74) is 8.63. The van der Waals surface area contributed by atoms with Crippen molar-refractivity contribution in [1.29, 1.82) is 0 Å². The number of carbonyl (C=O) groups excluding carboxylic acids is 4. The fourth-order valence-electron chi connectivity index (χ4n) is 3.83. The number of hydrogen-bond acceptors (Lipinski definition) is 5. The topological polar surface area (TPSA) is 127 Å². The number of carbonyl (C=O) groups is 4. The molecule has 0 saturated carbocycles. The van der Waals surface area contributed by atoms with Gasteiger partial charge in [-0.1, -0.05) is 24.3 Å². The SMILES string of the molecule is NC(=O)c1ccn(-c2ccc(NC(=O)c3ccc(CN4C(=O)c5ccccc5C4=O)cc3)cc2)n1. The smallest absolute Gasteiger partial charge is 0.269 e. The van der Waals surface area contributed by atoms with Gasteiger partial charge in [-0.05, 0) is 60.2 Å². The number of anilines is 1. The minimum atomic E-state index is -0.609. The number of fused-ring (bicyclic) bond motifs is 1. The number of nitrogens with one attached hydrogen (secondary N) is 1. The molecule has 2 heterocycles. The normalized spacial score (nSPS) is 12.5. The molecule has 0 aliphatic carbocycles. The molecular formula is C26H19N5O4. The van der Waals surface area contributed by atoms with Crippen molar-refractivity contribution in [3.8, 4) is 5.69 Å². The monoisotopic (exact) mass is 465 g/mol. The van der Waals surface area contributed by atoms with Crippen LogP contribution in [0.5, 0.6) is 0 Å². The largest absolute Gasteiger partial charge is 0.364 e. The van der Waals surface area contributed by atoms with Crippen molar-refractivity contribution in [2.75, 3.05) is 5.32 Å². The van der Waals surface area contributed by atoms with E-state index in [1.807, 2.05) is 0 Å². The summed E-state index contributed by atoms with van der Waals surface area (Å²) < 4.78 is 1.51. The van der Waals surface area contributed by atoms with Gasteiger partial charge in [0, 0.05) is 17.4 Å². The lowest BCUT2D eigenvalue weighted by Gasteiger charge is -2.14. The van der Waals surface area contributed by atoms with Gasteiger partial charge in [0.1, 0.15) is 5.69 Å². The number of benzene rings is 3. The first-order valence-corrected chi connectivity index (χ1v) is 10.7. The summed E-state index contributed by atoms with van der Waals surface area (Å²) in [6.45, 7) is 0.126. The Morgan fingerprint density at radius 1 is 0.829 bits per heavy atom. The van der Waals surface area contributed by atoms with Gasteiger partial charge in [-0.15, -0.1) is 0 Å². The predicted molar refractivity (Wildman–Crippen MR) is 127 cm³/mol. The number of aromatic nitrogens is 2. The summed E-state index contributed by atoms with van der Waals surface area (Å²) in [6.07, 6.45) is 1.62. The molecule has 172 valence electrons. The van der Waals surface area contributed by atoms with Gasteiger partial charge in [0.2, 0.25) is 0 Å². The molecule has 1 aliphatic rings. The molecular weight excluding hydrogens is 446 g/mol. The van der Waals surface area contributed by atoms with E-state index < -0.39 is 5.91 Å². The summed E-state index contributed by atoms with van der Waals surface area (Å²) in [4.78, 5) is 50.2. The summed E-state index contributed by atoms with van der Waals surface area (Å²) in [7, 11) is 0. The highest BCUT2D eigenvalue weighted by Crippen LogP contribution is 2.24. The van der Waals surface area contributed by atoms with Crippen LogP contribution in [0.2, 0.25) is 0 Å². The molecule has 9 nitrogen and oxygen atoms in total. The number of imide groups is 1. The average Bonchev–Trinajstić information content (AvgIpc) is 3.46. The molecule has 1 aromatic heterocycles. The van der Waals surface area contributed by atoms with Crippen LogP contribution in [0.4, 0.5) is 5.69 Å². The molecule has 0 atom stereocenters. The van der Waals surface area contributed by atoms with Crippen LogP contribution in [0.1, 0.15) is 47.1 Å². The maximum Gasteiger partial charge on any atom is 0.269 e. The van der Waals surface area contributed by atoms with E-state index in [2.05, 4.69) is 10.4 Å². The highest BCUT2D eigenvalue weighted by molar-refractivity contribution is 6.21. The van der Waals surface area contributed by atoms with Gasteiger partial charge >= 0.3 is 0 Å². The van der Waals surface area contributed by atoms with E-state index >= 15 is 0 Å². The molecule has 5 rings (SSSR count). The van der Waals surface area contributed by atoms with Gasteiger partial charge in [0.05, 0.1) is 23.4 Å². The Bertz CT molecular complexity index is 1440. The van der Waals surface area contributed by atoms with Crippen molar-refractivity contribution < 1.29 is 19.2 Å². The number of nitrogens with two attached hydrogens (primary N) is 1. The Hall–Kier alpha value is -5.05. The summed E-state index contributed by atoms with van der Waals surface area (Å²) >= 11 is 0. The Kier molecular flexibility index (Phi) is 5.42. The van der Waals surface area contributed by atoms with Crippen LogP contribution in [-0.4, -0.2) is 38.3 Å². The molecule has 0 fully saturated rings. The van der Waals surface area contributed by atoms with E-state index in [4.69, 9.17) is 5.73 Å². The van der Waals surface area contributed by atoms with Crippen molar-refractivity contribution in [2.24, 2.45) is 5.73 Å². The maximum atomic E-state index is 12.7. The van der Waals surface area contributed by atoms with E-state index in [1.54, 1.807) is 79.0 Å². The Balaban J connectivity index is 1.23. The van der Waals surface area contributed by atoms with Gasteiger partial charge < -0.3 is 11.1 Å². The standard InChI is InChI=1S/C26H19N5O4/c27-23(32)22-13-14-31(29-22)19-11-9-18(10-12-19)28-24(33)17-7-5-16(6-8-17)15-30-25(34)20-3-1-2-4-21(20)26(30)35/h1-14H,15H2,(H2,27,32)(H,28,33). The first kappa shape index (κ1) is 21.8. The second kappa shape index (κ2) is 8.71. The number of nitrogens with zero attached hydrogens (tertiary/aromatic N) is 3. The molecule has 0 saturated heterocycles. The molecule has 4 aromatic rings. The van der Waals surface area contributed by atoms with Gasteiger partial charge in [0.15, 0.2) is 0 Å². The predicted octanol–water partition coefficient (Wildman–Crippen LogP) is 3.02. The molecule has 4 amide bonds. The molecule has 0 unspecified atom stereocenters. The Morgan fingerprint density at radius 3 is 2.03 bits per heavy atom. The molecule has 9 heteroatoms. The van der Waals surface area contributed by atoms with Crippen molar-refractivity contribution in [2.45, 2.75) is 6.54 Å². The summed E-state index contributed by atoms with van der Waals surface area (Å²) in [5.74, 6) is -1.56. The quantitative estimate of drug-likeness (QED) is 0.423. The third-order valence-corrected chi connectivity index (χ3v) is 5.67. The summed E-state index contributed by atoms with van der Waals surface area (Å²) in [6, 6.07) is 21.9. The lowest BCUT2D eigenvalue weighted by Crippen LogP contribution is -2.29. The van der Waals surface area contributed by atoms with E-state index in [-0.39, 0.29) is 30.0 Å². The van der Waals surface area contributed by atoms with Gasteiger partial charge in [-0.2, -0.15) is 5.10 Å². The number of rotatable bonds is 6. The fourth-order valence-corrected chi connectivity index (χ4v) is 3.83. The van der Waals surface area contributed by atoms with E-state index in [1.165, 1.54) is 15.6 Å². The molecule has 0 radical (unpaired) electrons. The number of hydrogen-bond donors (Lipinski definition) is 2. The zero-order chi connectivity index (χ0) is 24.5.